The van der Waals surface area contributed by atoms with Crippen LogP contribution in [0, 0.1) is 0 Å². The number of hydrogen-bond donors (Lipinski definition) is 3. The Morgan fingerprint density at radius 1 is 1.19 bits per heavy atom. The molecule has 1 aliphatic heterocycles. The van der Waals surface area contributed by atoms with Gasteiger partial charge in [-0.25, -0.2) is 0 Å². The quantitative estimate of drug-likeness (QED) is 0.659. The molecule has 3 rings (SSSR count). The molecule has 2 heterocycles. The van der Waals surface area contributed by atoms with E-state index in [2.05, 4.69) is 46.5 Å². The normalized spacial score (nSPS) is 15.3. The standard InChI is InChI=1S/C19H27N5O2/c1-14(2)16-5-3-15(4-6-16)13-17-18(25)21-19(23-22-17)20-7-8-24-9-11-26-12-10-24/h3-6,14H,7-13H2,1-2H3,(H2,20,21,23,25)/p+1. The van der Waals surface area contributed by atoms with Crippen LogP contribution in [-0.2, 0) is 11.2 Å². The highest BCUT2D eigenvalue weighted by atomic mass is 16.5. The molecule has 0 atom stereocenters. The molecule has 1 aliphatic rings. The van der Waals surface area contributed by atoms with Crippen molar-refractivity contribution in [2.45, 2.75) is 26.2 Å². The lowest BCUT2D eigenvalue weighted by Gasteiger charge is -2.23. The van der Waals surface area contributed by atoms with Gasteiger partial charge in [0.15, 0.2) is 0 Å². The molecule has 0 spiro atoms. The number of H-pyrrole nitrogens is 1. The number of nitrogens with one attached hydrogen (secondary N) is 3. The zero-order valence-corrected chi connectivity index (χ0v) is 15.5. The monoisotopic (exact) mass is 358 g/mol. The van der Waals surface area contributed by atoms with E-state index in [4.69, 9.17) is 4.74 Å². The fourth-order valence-corrected chi connectivity index (χ4v) is 3.04. The second-order valence-corrected chi connectivity index (χ2v) is 7.06. The summed E-state index contributed by atoms with van der Waals surface area (Å²) in [5.74, 6) is 0.929. The van der Waals surface area contributed by atoms with Crippen molar-refractivity contribution >= 4 is 5.95 Å². The van der Waals surface area contributed by atoms with Crippen molar-refractivity contribution in [3.8, 4) is 0 Å². The maximum atomic E-state index is 12.3. The second-order valence-electron chi connectivity index (χ2n) is 7.06. The lowest BCUT2D eigenvalue weighted by atomic mass is 10.0. The van der Waals surface area contributed by atoms with Gasteiger partial charge in [0.1, 0.15) is 18.8 Å². The van der Waals surface area contributed by atoms with Crippen LogP contribution in [-0.4, -0.2) is 54.6 Å². The zero-order chi connectivity index (χ0) is 18.4. The maximum absolute atomic E-state index is 12.3. The Morgan fingerprint density at radius 2 is 1.92 bits per heavy atom. The van der Waals surface area contributed by atoms with Crippen LogP contribution in [0.25, 0.3) is 0 Å². The summed E-state index contributed by atoms with van der Waals surface area (Å²) in [5, 5.41) is 11.4. The number of anilines is 1. The number of benzene rings is 1. The van der Waals surface area contributed by atoms with Crippen molar-refractivity contribution in [1.29, 1.82) is 0 Å². The van der Waals surface area contributed by atoms with Crippen LogP contribution in [0.2, 0.25) is 0 Å². The zero-order valence-electron chi connectivity index (χ0n) is 15.5. The molecule has 140 valence electrons. The molecule has 7 nitrogen and oxygen atoms in total. The van der Waals surface area contributed by atoms with E-state index >= 15 is 0 Å². The summed E-state index contributed by atoms with van der Waals surface area (Å²) in [5.41, 5.74) is 2.60. The fourth-order valence-electron chi connectivity index (χ4n) is 3.04. The minimum Gasteiger partial charge on any atom is -0.370 e. The van der Waals surface area contributed by atoms with Crippen LogP contribution >= 0.6 is 0 Å². The van der Waals surface area contributed by atoms with Crippen LogP contribution in [0.15, 0.2) is 29.1 Å². The highest BCUT2D eigenvalue weighted by molar-refractivity contribution is 5.28. The second kappa shape index (κ2) is 8.91. The van der Waals surface area contributed by atoms with Gasteiger partial charge in [-0.1, -0.05) is 38.1 Å². The number of aromatic amines is 1. The average Bonchev–Trinajstić information content (AvgIpc) is 2.65. The summed E-state index contributed by atoms with van der Waals surface area (Å²) >= 11 is 0. The molecule has 0 saturated carbocycles. The summed E-state index contributed by atoms with van der Waals surface area (Å²) in [6.07, 6.45) is 0.485. The Kier molecular flexibility index (Phi) is 6.35. The van der Waals surface area contributed by atoms with Gasteiger partial charge in [0.05, 0.1) is 26.3 Å². The number of rotatable bonds is 7. The molecule has 7 heteroatoms. The lowest BCUT2D eigenvalue weighted by molar-refractivity contribution is -0.906. The summed E-state index contributed by atoms with van der Waals surface area (Å²) in [7, 11) is 0. The molecule has 3 N–H and O–H groups in total. The Balaban J connectivity index is 1.54. The predicted octanol–water partition coefficient (Wildman–Crippen LogP) is 0.206. The highest BCUT2D eigenvalue weighted by Crippen LogP contribution is 2.15. The number of morpholine rings is 1. The van der Waals surface area contributed by atoms with Crippen LogP contribution in [0.1, 0.15) is 36.6 Å². The van der Waals surface area contributed by atoms with Gasteiger partial charge < -0.3 is 15.0 Å². The van der Waals surface area contributed by atoms with E-state index in [-0.39, 0.29) is 5.56 Å². The van der Waals surface area contributed by atoms with E-state index in [9.17, 15) is 4.79 Å². The molecule has 0 amide bonds. The first-order chi connectivity index (χ1) is 12.6. The van der Waals surface area contributed by atoms with Gasteiger partial charge in [-0.3, -0.25) is 9.78 Å². The summed E-state index contributed by atoms with van der Waals surface area (Å²) in [6.45, 7) is 9.73. The molecule has 2 aromatic rings. The lowest BCUT2D eigenvalue weighted by Crippen LogP contribution is -3.14. The first kappa shape index (κ1) is 18.5. The van der Waals surface area contributed by atoms with Crippen LogP contribution in [0.5, 0.6) is 0 Å². The Morgan fingerprint density at radius 3 is 2.58 bits per heavy atom. The molecular formula is C19H28N5O2+. The van der Waals surface area contributed by atoms with Crippen LogP contribution in [0.3, 0.4) is 0 Å². The van der Waals surface area contributed by atoms with E-state index < -0.39 is 0 Å². The topological polar surface area (TPSA) is 84.3 Å². The smallest absolute Gasteiger partial charge is 0.274 e. The Hall–Kier alpha value is -2.25. The average molecular weight is 358 g/mol. The molecule has 0 radical (unpaired) electrons. The van der Waals surface area contributed by atoms with E-state index in [0.717, 1.165) is 45.0 Å². The van der Waals surface area contributed by atoms with Crippen molar-refractivity contribution in [2.75, 3.05) is 44.7 Å². The molecule has 0 aliphatic carbocycles. The van der Waals surface area contributed by atoms with Crippen molar-refractivity contribution < 1.29 is 9.64 Å². The van der Waals surface area contributed by atoms with Gasteiger partial charge in [0.2, 0.25) is 5.95 Å². The van der Waals surface area contributed by atoms with Gasteiger partial charge in [-0.2, -0.15) is 0 Å². The van der Waals surface area contributed by atoms with Crippen molar-refractivity contribution in [2.24, 2.45) is 0 Å². The number of quaternary nitrogens is 1. The highest BCUT2D eigenvalue weighted by Gasteiger charge is 2.13. The Bertz CT molecular complexity index is 751. The van der Waals surface area contributed by atoms with Gasteiger partial charge in [0, 0.05) is 6.42 Å². The molecule has 0 bridgehead atoms. The molecule has 1 saturated heterocycles. The summed E-state index contributed by atoms with van der Waals surface area (Å²) < 4.78 is 5.35. The minimum atomic E-state index is -0.186. The van der Waals surface area contributed by atoms with Gasteiger partial charge in [-0.05, 0) is 17.0 Å². The maximum Gasteiger partial charge on any atom is 0.274 e. The molecule has 26 heavy (non-hydrogen) atoms. The van der Waals surface area contributed by atoms with E-state index in [0.29, 0.717) is 24.0 Å². The first-order valence-corrected chi connectivity index (χ1v) is 9.31. The number of hydrogen-bond acceptors (Lipinski definition) is 5. The first-order valence-electron chi connectivity index (χ1n) is 9.31. The third kappa shape index (κ3) is 5.12. The molecule has 1 aromatic heterocycles. The summed E-state index contributed by atoms with van der Waals surface area (Å²) in [4.78, 5) is 16.6. The van der Waals surface area contributed by atoms with Crippen LogP contribution in [0.4, 0.5) is 5.95 Å². The summed E-state index contributed by atoms with van der Waals surface area (Å²) in [6, 6.07) is 8.30. The molecular weight excluding hydrogens is 330 g/mol. The van der Waals surface area contributed by atoms with E-state index in [1.165, 1.54) is 10.5 Å². The fraction of sp³-hybridized carbons (Fsp3) is 0.526. The number of aromatic nitrogens is 3. The van der Waals surface area contributed by atoms with Crippen LogP contribution < -0.4 is 15.8 Å². The number of nitrogens with zero attached hydrogens (tertiary/aromatic N) is 2. The van der Waals surface area contributed by atoms with Crippen molar-refractivity contribution in [3.05, 3.63) is 51.4 Å². The molecule has 1 aromatic carbocycles. The third-order valence-corrected chi connectivity index (χ3v) is 4.75. The number of ether oxygens (including phenoxy) is 1. The van der Waals surface area contributed by atoms with Gasteiger partial charge in [-0.15, -0.1) is 10.2 Å². The molecule has 1 fully saturated rings. The van der Waals surface area contributed by atoms with Crippen molar-refractivity contribution in [1.82, 2.24) is 15.2 Å². The van der Waals surface area contributed by atoms with Gasteiger partial charge >= 0.3 is 0 Å². The third-order valence-electron chi connectivity index (χ3n) is 4.75. The van der Waals surface area contributed by atoms with Gasteiger partial charge in [0.25, 0.3) is 5.56 Å². The SMILES string of the molecule is CC(C)c1ccc(Cc2nnc(NCC[NH+]3CCOCC3)[nH]c2=O)cc1. The Labute approximate surface area is 153 Å². The minimum absolute atomic E-state index is 0.186. The molecule has 0 unspecified atom stereocenters. The van der Waals surface area contributed by atoms with E-state index in [1.807, 2.05) is 12.1 Å². The largest absolute Gasteiger partial charge is 0.370 e. The van der Waals surface area contributed by atoms with Crippen molar-refractivity contribution in [3.63, 3.8) is 0 Å². The van der Waals surface area contributed by atoms with E-state index in [1.54, 1.807) is 0 Å². The predicted molar refractivity (Wildman–Crippen MR) is 101 cm³/mol.